The maximum absolute atomic E-state index is 10.3. The van der Waals surface area contributed by atoms with Gasteiger partial charge < -0.3 is 5.11 Å². The highest BCUT2D eigenvalue weighted by Crippen LogP contribution is 2.32. The second-order valence-electron chi connectivity index (χ2n) is 4.10. The highest BCUT2D eigenvalue weighted by molar-refractivity contribution is 9.13. The molecule has 86 valence electrons. The van der Waals surface area contributed by atoms with Gasteiger partial charge in [0.2, 0.25) is 0 Å². The van der Waals surface area contributed by atoms with E-state index in [-0.39, 0.29) is 0 Å². The lowest BCUT2D eigenvalue weighted by Crippen LogP contribution is -2.04. The summed E-state index contributed by atoms with van der Waals surface area (Å²) in [6, 6.07) is 5.91. The molecule has 0 heterocycles. The molecule has 2 rings (SSSR count). The lowest BCUT2D eigenvalue weighted by Gasteiger charge is -2.19. The Morgan fingerprint density at radius 3 is 2.56 bits per heavy atom. The molecule has 0 radical (unpaired) electrons. The average Bonchev–Trinajstić information content (AvgIpc) is 2.33. The number of hydrogen-bond donors (Lipinski definition) is 1. The first-order valence-corrected chi connectivity index (χ1v) is 7.09. The Kier molecular flexibility index (Phi) is 4.22. The quantitative estimate of drug-likeness (QED) is 0.767. The van der Waals surface area contributed by atoms with E-state index in [1.54, 1.807) is 0 Å². The van der Waals surface area contributed by atoms with Gasteiger partial charge in [-0.1, -0.05) is 12.1 Å². The average molecular weight is 346 g/mol. The third-order valence-corrected chi connectivity index (χ3v) is 4.82. The number of aliphatic hydroxyl groups is 1. The van der Waals surface area contributed by atoms with Crippen LogP contribution in [-0.2, 0) is 0 Å². The molecule has 0 aliphatic heterocycles. The van der Waals surface area contributed by atoms with Crippen molar-refractivity contribution in [3.63, 3.8) is 0 Å². The lowest BCUT2D eigenvalue weighted by molar-refractivity contribution is 0.208. The summed E-state index contributed by atoms with van der Waals surface area (Å²) in [6.07, 6.45) is 6.31. The summed E-state index contributed by atoms with van der Waals surface area (Å²) in [7, 11) is 0. The van der Waals surface area contributed by atoms with Gasteiger partial charge in [0.05, 0.1) is 0 Å². The fraction of sp³-hybridized carbons (Fsp3) is 0.385. The van der Waals surface area contributed by atoms with Crippen LogP contribution in [0.3, 0.4) is 0 Å². The van der Waals surface area contributed by atoms with Gasteiger partial charge in [-0.3, -0.25) is 0 Å². The third kappa shape index (κ3) is 2.76. The molecule has 1 aliphatic carbocycles. The molecule has 0 bridgehead atoms. The summed E-state index contributed by atoms with van der Waals surface area (Å²) in [4.78, 5) is 0. The first kappa shape index (κ1) is 12.3. The van der Waals surface area contributed by atoms with E-state index in [0.717, 1.165) is 27.4 Å². The van der Waals surface area contributed by atoms with Gasteiger partial charge in [0.1, 0.15) is 6.10 Å². The standard InChI is InChI=1S/C13H14Br2O/c14-11-7-6-10(8-12(11)15)13(16)9-4-2-1-3-5-9/h4,6-8,13,16H,1-3,5H2. The fourth-order valence-corrected chi connectivity index (χ4v) is 2.65. The summed E-state index contributed by atoms with van der Waals surface area (Å²) in [5.74, 6) is 0. The number of aliphatic hydroxyl groups excluding tert-OH is 1. The second-order valence-corrected chi connectivity index (χ2v) is 5.81. The van der Waals surface area contributed by atoms with Crippen LogP contribution in [0.25, 0.3) is 0 Å². The van der Waals surface area contributed by atoms with Crippen molar-refractivity contribution >= 4 is 31.9 Å². The van der Waals surface area contributed by atoms with Crippen LogP contribution in [0.5, 0.6) is 0 Å². The maximum atomic E-state index is 10.3. The van der Waals surface area contributed by atoms with Crippen molar-refractivity contribution in [3.05, 3.63) is 44.4 Å². The maximum Gasteiger partial charge on any atom is 0.100 e. The van der Waals surface area contributed by atoms with Crippen molar-refractivity contribution in [3.8, 4) is 0 Å². The molecule has 0 aromatic heterocycles. The largest absolute Gasteiger partial charge is 0.384 e. The van der Waals surface area contributed by atoms with Gasteiger partial charge in [0.15, 0.2) is 0 Å². The van der Waals surface area contributed by atoms with Crippen molar-refractivity contribution in [2.24, 2.45) is 0 Å². The minimum Gasteiger partial charge on any atom is -0.384 e. The van der Waals surface area contributed by atoms with Crippen molar-refractivity contribution in [2.75, 3.05) is 0 Å². The molecule has 1 aromatic rings. The van der Waals surface area contributed by atoms with Crippen molar-refractivity contribution in [2.45, 2.75) is 31.8 Å². The summed E-state index contributed by atoms with van der Waals surface area (Å²) >= 11 is 6.89. The Balaban J connectivity index is 2.22. The third-order valence-electron chi connectivity index (χ3n) is 2.94. The van der Waals surface area contributed by atoms with Gasteiger partial charge in [0, 0.05) is 8.95 Å². The summed E-state index contributed by atoms with van der Waals surface area (Å²) in [6.45, 7) is 0. The van der Waals surface area contributed by atoms with Crippen LogP contribution in [0.1, 0.15) is 37.4 Å². The number of allylic oxidation sites excluding steroid dienone is 1. The smallest absolute Gasteiger partial charge is 0.100 e. The van der Waals surface area contributed by atoms with Gasteiger partial charge in [0.25, 0.3) is 0 Å². The van der Waals surface area contributed by atoms with Crippen LogP contribution in [0.4, 0.5) is 0 Å². The van der Waals surface area contributed by atoms with Crippen molar-refractivity contribution in [1.82, 2.24) is 0 Å². The van der Waals surface area contributed by atoms with E-state index >= 15 is 0 Å². The Labute approximate surface area is 113 Å². The van der Waals surface area contributed by atoms with Crippen molar-refractivity contribution in [1.29, 1.82) is 0 Å². The predicted molar refractivity (Wildman–Crippen MR) is 73.4 cm³/mol. The van der Waals surface area contributed by atoms with Crippen LogP contribution < -0.4 is 0 Å². The molecule has 0 amide bonds. The van der Waals surface area contributed by atoms with E-state index in [9.17, 15) is 5.11 Å². The first-order chi connectivity index (χ1) is 7.68. The van der Waals surface area contributed by atoms with Crippen molar-refractivity contribution < 1.29 is 5.11 Å². The SMILES string of the molecule is OC(C1=CCCCC1)c1ccc(Br)c(Br)c1. The molecule has 1 N–H and O–H groups in total. The molecule has 16 heavy (non-hydrogen) atoms. The van der Waals surface area contributed by atoms with E-state index < -0.39 is 6.10 Å². The van der Waals surface area contributed by atoms with Gasteiger partial charge in [-0.2, -0.15) is 0 Å². The van der Waals surface area contributed by atoms with Gasteiger partial charge >= 0.3 is 0 Å². The molecular formula is C13H14Br2O. The van der Waals surface area contributed by atoms with E-state index in [0.29, 0.717) is 0 Å². The minimum atomic E-state index is -0.440. The zero-order valence-corrected chi connectivity index (χ0v) is 12.1. The number of benzene rings is 1. The zero-order chi connectivity index (χ0) is 11.5. The molecule has 1 atom stereocenters. The van der Waals surface area contributed by atoms with Crippen LogP contribution in [0.2, 0.25) is 0 Å². The topological polar surface area (TPSA) is 20.2 Å². The van der Waals surface area contributed by atoms with E-state index in [1.165, 1.54) is 18.4 Å². The molecule has 0 fully saturated rings. The van der Waals surface area contributed by atoms with Crippen LogP contribution in [0, 0.1) is 0 Å². The molecule has 1 aliphatic rings. The van der Waals surface area contributed by atoms with E-state index in [4.69, 9.17) is 0 Å². The minimum absolute atomic E-state index is 0.440. The summed E-state index contributed by atoms with van der Waals surface area (Å²) in [5.41, 5.74) is 2.13. The Hall–Kier alpha value is -0.120. The molecule has 1 nitrogen and oxygen atoms in total. The van der Waals surface area contributed by atoms with Gasteiger partial charge in [-0.05, 0) is 80.8 Å². The second kappa shape index (κ2) is 5.48. The van der Waals surface area contributed by atoms with Gasteiger partial charge in [-0.15, -0.1) is 0 Å². The molecule has 0 saturated heterocycles. The molecule has 3 heteroatoms. The summed E-state index contributed by atoms with van der Waals surface area (Å²) < 4.78 is 2.00. The Bertz CT molecular complexity index is 412. The van der Waals surface area contributed by atoms with E-state index in [1.807, 2.05) is 18.2 Å². The number of halogens is 2. The monoisotopic (exact) mass is 344 g/mol. The number of hydrogen-bond acceptors (Lipinski definition) is 1. The molecule has 1 aromatic carbocycles. The lowest BCUT2D eigenvalue weighted by atomic mass is 9.92. The molecular weight excluding hydrogens is 332 g/mol. The predicted octanol–water partition coefficient (Wildman–Crippen LogP) is 4.75. The molecule has 0 saturated carbocycles. The highest BCUT2D eigenvalue weighted by atomic mass is 79.9. The first-order valence-electron chi connectivity index (χ1n) is 5.50. The zero-order valence-electron chi connectivity index (χ0n) is 8.92. The summed E-state index contributed by atoms with van der Waals surface area (Å²) in [5, 5.41) is 10.3. The normalized spacial score (nSPS) is 18.1. The highest BCUT2D eigenvalue weighted by Gasteiger charge is 2.15. The Morgan fingerprint density at radius 1 is 1.12 bits per heavy atom. The van der Waals surface area contributed by atoms with Crippen LogP contribution in [0.15, 0.2) is 38.8 Å². The van der Waals surface area contributed by atoms with Gasteiger partial charge in [-0.25, -0.2) is 0 Å². The molecule has 1 unspecified atom stereocenters. The van der Waals surface area contributed by atoms with E-state index in [2.05, 4.69) is 37.9 Å². The fourth-order valence-electron chi connectivity index (χ4n) is 2.01. The number of rotatable bonds is 2. The van der Waals surface area contributed by atoms with Crippen LogP contribution in [-0.4, -0.2) is 5.11 Å². The molecule has 0 spiro atoms. The Morgan fingerprint density at radius 2 is 1.94 bits per heavy atom. The van der Waals surface area contributed by atoms with Crippen LogP contribution >= 0.6 is 31.9 Å².